The van der Waals surface area contributed by atoms with Gasteiger partial charge in [0.25, 0.3) is 0 Å². The Morgan fingerprint density at radius 3 is 1.29 bits per heavy atom. The molecule has 0 saturated carbocycles. The van der Waals surface area contributed by atoms with Gasteiger partial charge in [-0.15, -0.1) is 0 Å². The van der Waals surface area contributed by atoms with Gasteiger partial charge in [-0.05, 0) is 0 Å². The summed E-state index contributed by atoms with van der Waals surface area (Å²) in [6.45, 7) is 16.6. The predicted molar refractivity (Wildman–Crippen MR) is 187 cm³/mol. The zero-order valence-electron chi connectivity index (χ0n) is 27.0. The number of fused-ring (bicyclic) bond motifs is 2. The van der Waals surface area contributed by atoms with Gasteiger partial charge in [0.05, 0.1) is 0 Å². The summed E-state index contributed by atoms with van der Waals surface area (Å²) in [6, 6.07) is 27.8. The molecule has 0 spiro atoms. The summed E-state index contributed by atoms with van der Waals surface area (Å²) in [7, 11) is 0. The fourth-order valence-electron chi connectivity index (χ4n) is 8.92. The second kappa shape index (κ2) is 8.76. The molecule has 6 rings (SSSR count). The summed E-state index contributed by atoms with van der Waals surface area (Å²) in [4.78, 5) is 0. The van der Waals surface area contributed by atoms with Crippen molar-refractivity contribution < 1.29 is 14.2 Å². The Balaban J connectivity index is 1.60. The Bertz CT molecular complexity index is 1850. The molecule has 2 unspecified atom stereocenters. The molecule has 0 amide bonds. The Morgan fingerprint density at radius 1 is 0.548 bits per heavy atom. The molecule has 0 saturated heterocycles. The van der Waals surface area contributed by atoms with E-state index < -0.39 is 14.2 Å². The van der Waals surface area contributed by atoms with Crippen molar-refractivity contribution in [3.63, 3.8) is 0 Å². The number of hydrogen-bond acceptors (Lipinski definition) is 0. The second-order valence-electron chi connectivity index (χ2n) is 16.4. The van der Waals surface area contributed by atoms with Gasteiger partial charge in [-0.1, -0.05) is 0 Å². The van der Waals surface area contributed by atoms with E-state index in [1.54, 1.807) is 11.1 Å². The van der Waals surface area contributed by atoms with Crippen molar-refractivity contribution >= 4 is 19.1 Å². The SMILES string of the molecule is C[CH2][Hf]([CH3])([CH3])(=[SiH2])([CH2]C)([CH]1C=Cc2c(-c3cccc(C)c3C)cccc21)[CH]1C=Cc2c(-c3cccc(C)c3C)cccc21. The average Bonchev–Trinajstić information content (AvgIpc) is 3.64. The van der Waals surface area contributed by atoms with E-state index in [1.165, 1.54) is 64.0 Å². The van der Waals surface area contributed by atoms with Gasteiger partial charge >= 0.3 is 252 Å². The minimum atomic E-state index is -4.89. The van der Waals surface area contributed by atoms with Gasteiger partial charge < -0.3 is 0 Å². The van der Waals surface area contributed by atoms with Crippen LogP contribution < -0.4 is 0 Å². The van der Waals surface area contributed by atoms with Crippen LogP contribution >= 0.6 is 0 Å². The van der Waals surface area contributed by atoms with Crippen molar-refractivity contribution in [3.05, 3.63) is 129 Å². The molecule has 0 heterocycles. The average molecular weight is 735 g/mol. The topological polar surface area (TPSA) is 0 Å². The van der Waals surface area contributed by atoms with E-state index in [-0.39, 0.29) is 0 Å². The molecule has 2 aliphatic carbocycles. The molecular formula is C40H48HfSi. The van der Waals surface area contributed by atoms with Crippen molar-refractivity contribution in [3.8, 4) is 22.3 Å². The molecular weight excluding hydrogens is 687 g/mol. The van der Waals surface area contributed by atoms with Crippen LogP contribution in [0.3, 0.4) is 0 Å². The van der Waals surface area contributed by atoms with Crippen molar-refractivity contribution in [1.29, 1.82) is 0 Å². The minimum absolute atomic E-state index is 0.438. The van der Waals surface area contributed by atoms with Crippen molar-refractivity contribution in [2.24, 2.45) is 0 Å². The first-order valence-corrected chi connectivity index (χ1v) is 40.8. The van der Waals surface area contributed by atoms with Crippen molar-refractivity contribution in [1.82, 2.24) is 0 Å². The van der Waals surface area contributed by atoms with Crippen LogP contribution in [0.2, 0.25) is 17.7 Å². The first-order chi connectivity index (χ1) is 19.7. The first-order valence-electron chi connectivity index (χ1n) is 16.0. The van der Waals surface area contributed by atoms with Crippen molar-refractivity contribution in [2.45, 2.75) is 66.6 Å². The molecule has 2 atom stereocenters. The molecule has 42 heavy (non-hydrogen) atoms. The summed E-state index contributed by atoms with van der Waals surface area (Å²) < 4.78 is 9.03. The van der Waals surface area contributed by atoms with Gasteiger partial charge in [0, 0.05) is 0 Å². The van der Waals surface area contributed by atoms with E-state index in [0.717, 1.165) is 0 Å². The molecule has 0 N–H and O–H groups in total. The third kappa shape index (κ3) is 3.73. The van der Waals surface area contributed by atoms with Crippen LogP contribution in [0.5, 0.6) is 0 Å². The molecule has 216 valence electrons. The van der Waals surface area contributed by atoms with E-state index in [1.807, 2.05) is 0 Å². The number of aryl methyl sites for hydroxylation is 2. The molecule has 4 aromatic carbocycles. The Hall–Kier alpha value is -2.55. The molecule has 2 heteroatoms. The van der Waals surface area contributed by atoms with Gasteiger partial charge in [-0.3, -0.25) is 0 Å². The summed E-state index contributed by atoms with van der Waals surface area (Å²) in [5, 5.41) is 0. The molecule has 0 bridgehead atoms. The number of hydrogen-bond donors (Lipinski definition) is 0. The molecule has 2 aliphatic rings. The zero-order valence-corrected chi connectivity index (χ0v) is 32.0. The van der Waals surface area contributed by atoms with Crippen LogP contribution in [0, 0.1) is 27.7 Å². The summed E-state index contributed by atoms with van der Waals surface area (Å²) in [5.74, 6) is 0. The molecule has 0 aromatic heterocycles. The van der Waals surface area contributed by atoms with E-state index >= 15 is 0 Å². The third-order valence-electron chi connectivity index (χ3n) is 13.8. The van der Waals surface area contributed by atoms with Gasteiger partial charge in [0.15, 0.2) is 0 Å². The van der Waals surface area contributed by atoms with Crippen LogP contribution in [0.25, 0.3) is 34.4 Å². The van der Waals surface area contributed by atoms with E-state index in [9.17, 15) is 0 Å². The summed E-state index contributed by atoms with van der Waals surface area (Å²) >= 11 is -4.89. The Labute approximate surface area is 250 Å². The fourth-order valence-corrected chi connectivity index (χ4v) is 43.7. The standard InChI is InChI=1S/2C17H15.2C2H5.2CH3.Hf.H2Si/c2*1-12-6-3-9-15(13(12)2)17-11-5-8-14-7-4-10-16(14)17;2*1-2;;;;/h2*3-11H,1-2H3;2*1H2,2H3;2*1H3;;1H2. The van der Waals surface area contributed by atoms with Crippen LogP contribution in [-0.2, 0) is 14.2 Å². The third-order valence-corrected chi connectivity index (χ3v) is 77.0. The maximum absolute atomic E-state index is 4.89. The van der Waals surface area contributed by atoms with Gasteiger partial charge in [0.2, 0.25) is 0 Å². The first kappa shape index (κ1) is 29.5. The van der Waals surface area contributed by atoms with E-state index in [2.05, 4.69) is 155 Å². The van der Waals surface area contributed by atoms with E-state index in [0.29, 0.717) is 7.35 Å². The van der Waals surface area contributed by atoms with Crippen LogP contribution in [0.4, 0.5) is 0 Å². The van der Waals surface area contributed by atoms with Crippen LogP contribution in [0.1, 0.15) is 65.7 Å². The Kier molecular flexibility index (Phi) is 6.16. The van der Waals surface area contributed by atoms with Crippen LogP contribution in [-0.4, -0.2) is 6.94 Å². The van der Waals surface area contributed by atoms with Crippen molar-refractivity contribution in [2.75, 3.05) is 0 Å². The summed E-state index contributed by atoms with van der Waals surface area (Å²) in [5.41, 5.74) is 17.0. The molecule has 4 aromatic rings. The summed E-state index contributed by atoms with van der Waals surface area (Å²) in [6.07, 6.45) is 10.3. The van der Waals surface area contributed by atoms with Gasteiger partial charge in [-0.25, -0.2) is 0 Å². The van der Waals surface area contributed by atoms with Gasteiger partial charge in [0.1, 0.15) is 0 Å². The number of benzene rings is 4. The van der Waals surface area contributed by atoms with E-state index in [4.69, 9.17) is 0 Å². The normalized spacial score (nSPS) is 20.0. The number of rotatable bonds is 6. The van der Waals surface area contributed by atoms with Crippen LogP contribution in [0.15, 0.2) is 84.9 Å². The predicted octanol–water partition coefficient (Wildman–Crippen LogP) is 11.4. The number of allylic oxidation sites excluding steroid dienone is 2. The van der Waals surface area contributed by atoms with Gasteiger partial charge in [-0.2, -0.15) is 0 Å². The Morgan fingerprint density at radius 2 is 0.905 bits per heavy atom. The molecule has 0 nitrogen and oxygen atoms in total. The second-order valence-corrected chi connectivity index (χ2v) is 94.9. The molecule has 0 fully saturated rings. The maximum atomic E-state index is 2.84. The zero-order chi connectivity index (χ0) is 30.2. The molecule has 0 aliphatic heterocycles. The quantitative estimate of drug-likeness (QED) is 0.173. The molecule has 0 radical (unpaired) electrons. The monoisotopic (exact) mass is 736 g/mol. The fraction of sp³-hybridized carbons (Fsp3) is 0.300.